The molecule has 0 saturated heterocycles. The quantitative estimate of drug-likeness (QED) is 0.673. The average Bonchev–Trinajstić information content (AvgIpc) is 2.03. The van der Waals surface area contributed by atoms with E-state index in [1.165, 1.54) is 0 Å². The molecule has 0 aliphatic heterocycles. The van der Waals surface area contributed by atoms with Crippen LogP contribution in [0.5, 0.6) is 0 Å². The summed E-state index contributed by atoms with van der Waals surface area (Å²) >= 11 is 0. The molecule has 1 aromatic heterocycles. The van der Waals surface area contributed by atoms with Crippen molar-refractivity contribution in [2.75, 3.05) is 6.54 Å². The predicted octanol–water partition coefficient (Wildman–Crippen LogP) is 1.20. The zero-order valence-electron chi connectivity index (χ0n) is 6.04. The first-order valence-corrected chi connectivity index (χ1v) is 3.40. The maximum Gasteiger partial charge on any atom is 0.0519 e. The van der Waals surface area contributed by atoms with Crippen LogP contribution < -0.4 is 5.32 Å². The molecule has 1 N–H and O–H groups in total. The topological polar surface area (TPSA) is 24.9 Å². The van der Waals surface area contributed by atoms with Gasteiger partial charge in [-0.15, -0.1) is 0 Å². The molecule has 2 heteroatoms. The van der Waals surface area contributed by atoms with Crippen LogP contribution in [0.2, 0.25) is 0 Å². The summed E-state index contributed by atoms with van der Waals surface area (Å²) in [5.41, 5.74) is 1.16. The number of rotatable bonds is 3. The van der Waals surface area contributed by atoms with E-state index in [1.54, 1.807) is 12.4 Å². The Bertz CT molecular complexity index is 172. The lowest BCUT2D eigenvalue weighted by atomic mass is 10.3. The van der Waals surface area contributed by atoms with Crippen molar-refractivity contribution in [3.8, 4) is 0 Å². The Hall–Kier alpha value is -0.890. The summed E-state index contributed by atoms with van der Waals surface area (Å²) in [4.78, 5) is 3.91. The molecule has 0 amide bonds. The van der Waals surface area contributed by atoms with Crippen molar-refractivity contribution in [3.05, 3.63) is 36.6 Å². The highest BCUT2D eigenvalue weighted by molar-refractivity contribution is 5.17. The Balaban J connectivity index is 2.43. The standard InChI is InChI=1S/C8H11N2/c1-2-9-7-8-3-5-10-6-4-8/h3-7,9H,2H2,1H3. The Morgan fingerprint density at radius 1 is 1.50 bits per heavy atom. The Morgan fingerprint density at radius 3 is 2.80 bits per heavy atom. The number of pyridine rings is 1. The van der Waals surface area contributed by atoms with E-state index in [0.29, 0.717) is 0 Å². The van der Waals surface area contributed by atoms with Crippen LogP contribution in [-0.4, -0.2) is 11.5 Å². The van der Waals surface area contributed by atoms with Gasteiger partial charge in [-0.05, 0) is 24.2 Å². The van der Waals surface area contributed by atoms with Gasteiger partial charge in [0.05, 0.1) is 6.54 Å². The number of nitrogens with zero attached hydrogens (tertiary/aromatic N) is 1. The van der Waals surface area contributed by atoms with Crippen molar-refractivity contribution in [1.82, 2.24) is 10.3 Å². The minimum Gasteiger partial charge on any atom is -0.309 e. The lowest BCUT2D eigenvalue weighted by molar-refractivity contribution is 0.862. The van der Waals surface area contributed by atoms with Crippen LogP contribution in [0, 0.1) is 6.54 Å². The van der Waals surface area contributed by atoms with Crippen molar-refractivity contribution in [1.29, 1.82) is 0 Å². The lowest BCUT2D eigenvalue weighted by Crippen LogP contribution is -2.08. The third kappa shape index (κ3) is 2.15. The number of aromatic nitrogens is 1. The van der Waals surface area contributed by atoms with Gasteiger partial charge >= 0.3 is 0 Å². The molecular weight excluding hydrogens is 124 g/mol. The third-order valence-electron chi connectivity index (χ3n) is 1.18. The van der Waals surface area contributed by atoms with Gasteiger partial charge in [0.1, 0.15) is 0 Å². The zero-order valence-corrected chi connectivity index (χ0v) is 6.04. The lowest BCUT2D eigenvalue weighted by Gasteiger charge is -1.98. The molecule has 10 heavy (non-hydrogen) atoms. The highest BCUT2D eigenvalue weighted by Gasteiger charge is 1.87. The molecule has 0 aromatic carbocycles. The normalized spacial score (nSPS) is 9.70. The molecular formula is C8H11N2. The molecule has 1 rings (SSSR count). The minimum atomic E-state index is 0.961. The molecule has 0 aliphatic carbocycles. The van der Waals surface area contributed by atoms with E-state index >= 15 is 0 Å². The van der Waals surface area contributed by atoms with Gasteiger partial charge in [-0.2, -0.15) is 0 Å². The Labute approximate surface area is 61.3 Å². The van der Waals surface area contributed by atoms with Crippen molar-refractivity contribution >= 4 is 0 Å². The smallest absolute Gasteiger partial charge is 0.0519 e. The third-order valence-corrected chi connectivity index (χ3v) is 1.18. The second-order valence-corrected chi connectivity index (χ2v) is 1.98. The van der Waals surface area contributed by atoms with Crippen LogP contribution in [0.1, 0.15) is 12.5 Å². The summed E-state index contributed by atoms with van der Waals surface area (Å²) in [5.74, 6) is 0. The first kappa shape index (κ1) is 7.22. The van der Waals surface area contributed by atoms with Gasteiger partial charge < -0.3 is 5.32 Å². The summed E-state index contributed by atoms with van der Waals surface area (Å²) in [7, 11) is 0. The van der Waals surface area contributed by atoms with E-state index in [1.807, 2.05) is 18.7 Å². The predicted molar refractivity (Wildman–Crippen MR) is 41.3 cm³/mol. The van der Waals surface area contributed by atoms with Gasteiger partial charge in [-0.1, -0.05) is 6.92 Å². The van der Waals surface area contributed by atoms with Gasteiger partial charge in [-0.3, -0.25) is 4.98 Å². The highest BCUT2D eigenvalue weighted by atomic mass is 14.8. The van der Waals surface area contributed by atoms with E-state index in [-0.39, 0.29) is 0 Å². The molecule has 0 spiro atoms. The van der Waals surface area contributed by atoms with Gasteiger partial charge in [0.25, 0.3) is 0 Å². The van der Waals surface area contributed by atoms with Crippen LogP contribution in [-0.2, 0) is 0 Å². The molecule has 0 atom stereocenters. The average molecular weight is 135 g/mol. The largest absolute Gasteiger partial charge is 0.309 e. The monoisotopic (exact) mass is 135 g/mol. The summed E-state index contributed by atoms with van der Waals surface area (Å²) in [6.07, 6.45) is 3.56. The first-order valence-electron chi connectivity index (χ1n) is 3.40. The molecule has 1 aromatic rings. The molecule has 0 fully saturated rings. The molecule has 1 heterocycles. The fraction of sp³-hybridized carbons (Fsp3) is 0.250. The summed E-state index contributed by atoms with van der Waals surface area (Å²) in [6.45, 7) is 5.00. The molecule has 53 valence electrons. The molecule has 0 saturated carbocycles. The van der Waals surface area contributed by atoms with E-state index in [9.17, 15) is 0 Å². The maximum absolute atomic E-state index is 3.91. The second-order valence-electron chi connectivity index (χ2n) is 1.98. The molecule has 0 aliphatic rings. The summed E-state index contributed by atoms with van der Waals surface area (Å²) < 4.78 is 0. The fourth-order valence-corrected chi connectivity index (χ4v) is 0.680. The van der Waals surface area contributed by atoms with Crippen LogP contribution >= 0.6 is 0 Å². The van der Waals surface area contributed by atoms with E-state index in [0.717, 1.165) is 12.1 Å². The second kappa shape index (κ2) is 4.01. The SMILES string of the molecule is CCN[CH]c1ccncc1. The van der Waals surface area contributed by atoms with Gasteiger partial charge in [0.2, 0.25) is 0 Å². The van der Waals surface area contributed by atoms with E-state index < -0.39 is 0 Å². The minimum absolute atomic E-state index is 0.961. The highest BCUT2D eigenvalue weighted by Crippen LogP contribution is 1.95. The van der Waals surface area contributed by atoms with Crippen LogP contribution in [0.4, 0.5) is 0 Å². The van der Waals surface area contributed by atoms with Gasteiger partial charge in [0.15, 0.2) is 0 Å². The Morgan fingerprint density at radius 2 is 2.20 bits per heavy atom. The van der Waals surface area contributed by atoms with Gasteiger partial charge in [0, 0.05) is 12.4 Å². The Kier molecular flexibility index (Phi) is 2.90. The first-order chi connectivity index (χ1) is 4.93. The summed E-state index contributed by atoms with van der Waals surface area (Å²) in [5, 5.41) is 3.11. The van der Waals surface area contributed by atoms with E-state index in [4.69, 9.17) is 0 Å². The van der Waals surface area contributed by atoms with Crippen molar-refractivity contribution in [2.24, 2.45) is 0 Å². The molecule has 0 bridgehead atoms. The molecule has 1 radical (unpaired) electrons. The van der Waals surface area contributed by atoms with Crippen molar-refractivity contribution in [3.63, 3.8) is 0 Å². The van der Waals surface area contributed by atoms with Gasteiger partial charge in [-0.25, -0.2) is 0 Å². The number of hydrogen-bond donors (Lipinski definition) is 1. The van der Waals surface area contributed by atoms with Crippen LogP contribution in [0.3, 0.4) is 0 Å². The van der Waals surface area contributed by atoms with Crippen molar-refractivity contribution in [2.45, 2.75) is 6.92 Å². The van der Waals surface area contributed by atoms with E-state index in [2.05, 4.69) is 17.2 Å². The van der Waals surface area contributed by atoms with Crippen LogP contribution in [0.25, 0.3) is 0 Å². The fourth-order valence-electron chi connectivity index (χ4n) is 0.680. The number of nitrogens with one attached hydrogen (secondary N) is 1. The van der Waals surface area contributed by atoms with Crippen molar-refractivity contribution < 1.29 is 0 Å². The van der Waals surface area contributed by atoms with Crippen LogP contribution in [0.15, 0.2) is 24.5 Å². The number of hydrogen-bond acceptors (Lipinski definition) is 2. The zero-order chi connectivity index (χ0) is 7.23. The molecule has 0 unspecified atom stereocenters. The molecule has 2 nitrogen and oxygen atoms in total. The maximum atomic E-state index is 3.91. The summed E-state index contributed by atoms with van der Waals surface area (Å²) in [6, 6.07) is 3.92.